The highest BCUT2D eigenvalue weighted by molar-refractivity contribution is 5.72. The average Bonchev–Trinajstić information content (AvgIpc) is 3.44. The molecule has 0 atom stereocenters. The van der Waals surface area contributed by atoms with Crippen LogP contribution in [0.3, 0.4) is 0 Å². The van der Waals surface area contributed by atoms with Crippen molar-refractivity contribution >= 4 is 17.3 Å². The number of rotatable bonds is 20. The molecule has 0 radical (unpaired) electrons. The van der Waals surface area contributed by atoms with E-state index in [1.54, 1.807) is 36.1 Å². The molecule has 0 aliphatic rings. The molecule has 0 fully saturated rings. The number of azo groups is 1. The molecule has 2 aromatic carbocycles. The van der Waals surface area contributed by atoms with E-state index in [-0.39, 0.29) is 5.97 Å². The fourth-order valence-electron chi connectivity index (χ4n) is 4.48. The molecule has 0 bridgehead atoms. The van der Waals surface area contributed by atoms with Crippen LogP contribution in [0.1, 0.15) is 103 Å². The number of nitrogens with zero attached hydrogens (tertiary/aromatic N) is 5. The van der Waals surface area contributed by atoms with Crippen LogP contribution in [0.4, 0.5) is 11.4 Å². The third-order valence-electron chi connectivity index (χ3n) is 6.78. The van der Waals surface area contributed by atoms with Gasteiger partial charge in [-0.3, -0.25) is 4.79 Å². The SMILES string of the molecule is CCCCCCCCCCCCCCCC(=O)Oc1ccc(N=Nc2ccc(-n3cc(COC)nn3)cc2)cc1. The van der Waals surface area contributed by atoms with Crippen LogP contribution in [0.25, 0.3) is 5.69 Å². The molecule has 8 nitrogen and oxygen atoms in total. The van der Waals surface area contributed by atoms with Crippen LogP contribution in [0, 0.1) is 0 Å². The van der Waals surface area contributed by atoms with E-state index in [4.69, 9.17) is 9.47 Å². The van der Waals surface area contributed by atoms with Crippen molar-refractivity contribution in [2.45, 2.75) is 103 Å². The van der Waals surface area contributed by atoms with E-state index in [1.807, 2.05) is 30.5 Å². The second-order valence-corrected chi connectivity index (χ2v) is 10.3. The van der Waals surface area contributed by atoms with Gasteiger partial charge in [0.25, 0.3) is 0 Å². The molecule has 3 aromatic rings. The second kappa shape index (κ2) is 18.8. The lowest BCUT2D eigenvalue weighted by atomic mass is 10.0. The molecular weight excluding hydrogens is 502 g/mol. The van der Waals surface area contributed by atoms with E-state index >= 15 is 0 Å². The molecule has 0 N–H and O–H groups in total. The van der Waals surface area contributed by atoms with Crippen molar-refractivity contribution in [1.82, 2.24) is 15.0 Å². The second-order valence-electron chi connectivity index (χ2n) is 10.3. The van der Waals surface area contributed by atoms with Crippen LogP contribution in [0.15, 0.2) is 65.0 Å². The number of esters is 1. The van der Waals surface area contributed by atoms with Crippen molar-refractivity contribution in [2.24, 2.45) is 10.2 Å². The molecular formula is C32H45N5O3. The Bertz CT molecular complexity index is 1130. The lowest BCUT2D eigenvalue weighted by molar-refractivity contribution is -0.134. The Morgan fingerprint density at radius 1 is 0.750 bits per heavy atom. The van der Waals surface area contributed by atoms with Gasteiger partial charge >= 0.3 is 5.97 Å². The van der Waals surface area contributed by atoms with Crippen molar-refractivity contribution in [3.8, 4) is 11.4 Å². The van der Waals surface area contributed by atoms with Crippen molar-refractivity contribution in [3.63, 3.8) is 0 Å². The predicted molar refractivity (Wildman–Crippen MR) is 159 cm³/mol. The monoisotopic (exact) mass is 547 g/mol. The first-order chi connectivity index (χ1) is 19.7. The number of ether oxygens (including phenoxy) is 2. The third-order valence-corrected chi connectivity index (χ3v) is 6.78. The minimum absolute atomic E-state index is 0.181. The Labute approximate surface area is 239 Å². The van der Waals surface area contributed by atoms with Gasteiger partial charge in [0.2, 0.25) is 0 Å². The summed E-state index contributed by atoms with van der Waals surface area (Å²) in [5, 5.41) is 16.7. The van der Waals surface area contributed by atoms with Gasteiger partial charge in [-0.25, -0.2) is 4.68 Å². The summed E-state index contributed by atoms with van der Waals surface area (Å²) in [5.74, 6) is 0.350. The highest BCUT2D eigenvalue weighted by Gasteiger charge is 2.06. The van der Waals surface area contributed by atoms with E-state index in [1.165, 1.54) is 70.6 Å². The number of benzene rings is 2. The number of unbranched alkanes of at least 4 members (excludes halogenated alkanes) is 12. The quantitative estimate of drug-likeness (QED) is 0.0608. The summed E-state index contributed by atoms with van der Waals surface area (Å²) in [6.07, 6.45) is 19.0. The summed E-state index contributed by atoms with van der Waals surface area (Å²) >= 11 is 0. The van der Waals surface area contributed by atoms with Gasteiger partial charge in [-0.1, -0.05) is 89.2 Å². The minimum atomic E-state index is -0.181. The van der Waals surface area contributed by atoms with Gasteiger partial charge in [0.1, 0.15) is 11.4 Å². The Balaban J connectivity index is 1.27. The first kappa shape index (κ1) is 31.1. The number of hydrogen-bond donors (Lipinski definition) is 0. The molecule has 3 rings (SSSR count). The Morgan fingerprint density at radius 2 is 1.27 bits per heavy atom. The molecule has 1 aromatic heterocycles. The summed E-state index contributed by atoms with van der Waals surface area (Å²) < 4.78 is 12.2. The number of carbonyl (C=O) groups is 1. The fourth-order valence-corrected chi connectivity index (χ4v) is 4.48. The Hall–Kier alpha value is -3.39. The van der Waals surface area contributed by atoms with Crippen molar-refractivity contribution < 1.29 is 14.3 Å². The van der Waals surface area contributed by atoms with Crippen LogP contribution in [0.5, 0.6) is 5.75 Å². The Morgan fingerprint density at radius 3 is 1.82 bits per heavy atom. The van der Waals surface area contributed by atoms with Gasteiger partial charge in [-0.2, -0.15) is 10.2 Å². The molecule has 0 amide bonds. The molecule has 0 saturated carbocycles. The predicted octanol–water partition coefficient (Wildman–Crippen LogP) is 9.22. The zero-order chi connectivity index (χ0) is 28.3. The molecule has 0 aliphatic heterocycles. The minimum Gasteiger partial charge on any atom is -0.427 e. The van der Waals surface area contributed by atoms with E-state index in [0.717, 1.165) is 24.2 Å². The smallest absolute Gasteiger partial charge is 0.311 e. The van der Waals surface area contributed by atoms with E-state index < -0.39 is 0 Å². The summed E-state index contributed by atoms with van der Waals surface area (Å²) in [4.78, 5) is 12.2. The Kier molecular flexibility index (Phi) is 14.7. The molecule has 0 spiro atoms. The van der Waals surface area contributed by atoms with Crippen LogP contribution < -0.4 is 4.74 Å². The molecule has 216 valence electrons. The first-order valence-electron chi connectivity index (χ1n) is 14.9. The first-order valence-corrected chi connectivity index (χ1v) is 14.9. The number of methoxy groups -OCH3 is 1. The van der Waals surface area contributed by atoms with Gasteiger partial charge < -0.3 is 9.47 Å². The number of aromatic nitrogens is 3. The normalized spacial score (nSPS) is 11.3. The van der Waals surface area contributed by atoms with Gasteiger partial charge in [0.15, 0.2) is 0 Å². The van der Waals surface area contributed by atoms with Gasteiger partial charge in [-0.05, 0) is 55.0 Å². The summed E-state index contributed by atoms with van der Waals surface area (Å²) in [6, 6.07) is 14.6. The third kappa shape index (κ3) is 12.2. The lowest BCUT2D eigenvalue weighted by Gasteiger charge is -2.05. The van der Waals surface area contributed by atoms with E-state index in [2.05, 4.69) is 27.5 Å². The van der Waals surface area contributed by atoms with Crippen molar-refractivity contribution in [3.05, 3.63) is 60.4 Å². The van der Waals surface area contributed by atoms with Crippen LogP contribution >= 0.6 is 0 Å². The highest BCUT2D eigenvalue weighted by Crippen LogP contribution is 2.23. The van der Waals surface area contributed by atoms with Gasteiger partial charge in [-0.15, -0.1) is 5.10 Å². The molecule has 0 saturated heterocycles. The molecule has 1 heterocycles. The van der Waals surface area contributed by atoms with E-state index in [9.17, 15) is 4.79 Å². The van der Waals surface area contributed by atoms with Crippen molar-refractivity contribution in [2.75, 3.05) is 7.11 Å². The maximum Gasteiger partial charge on any atom is 0.311 e. The zero-order valence-corrected chi connectivity index (χ0v) is 24.3. The van der Waals surface area contributed by atoms with Crippen LogP contribution in [-0.2, 0) is 16.1 Å². The maximum atomic E-state index is 12.2. The summed E-state index contributed by atoms with van der Waals surface area (Å²) in [6.45, 7) is 2.69. The van der Waals surface area contributed by atoms with E-state index in [0.29, 0.717) is 30.2 Å². The average molecular weight is 548 g/mol. The molecule has 40 heavy (non-hydrogen) atoms. The van der Waals surface area contributed by atoms with Crippen molar-refractivity contribution in [1.29, 1.82) is 0 Å². The van der Waals surface area contributed by atoms with Gasteiger partial charge in [0.05, 0.1) is 29.9 Å². The summed E-state index contributed by atoms with van der Waals surface area (Å²) in [7, 11) is 1.63. The lowest BCUT2D eigenvalue weighted by Crippen LogP contribution is -2.07. The number of hydrogen-bond acceptors (Lipinski definition) is 7. The van der Waals surface area contributed by atoms with Gasteiger partial charge in [0, 0.05) is 13.5 Å². The summed E-state index contributed by atoms with van der Waals surface area (Å²) in [5.41, 5.74) is 3.04. The fraction of sp³-hybridized carbons (Fsp3) is 0.531. The largest absolute Gasteiger partial charge is 0.427 e. The topological polar surface area (TPSA) is 91.0 Å². The maximum absolute atomic E-state index is 12.2. The molecule has 8 heteroatoms. The highest BCUT2D eigenvalue weighted by atomic mass is 16.5. The molecule has 0 aliphatic carbocycles. The molecule has 0 unspecified atom stereocenters. The van der Waals surface area contributed by atoms with Crippen LogP contribution in [-0.4, -0.2) is 28.1 Å². The standard InChI is InChI=1S/C32H45N5O3/c1-3-4-5-6-7-8-9-10-11-12-13-14-15-16-32(38)40-31-23-19-28(20-24-31)34-33-27-17-21-30(22-18-27)37-25-29(26-39-2)35-36-37/h17-25H,3-16,26H2,1-2H3. The number of carbonyl (C=O) groups excluding carboxylic acids is 1. The zero-order valence-electron chi connectivity index (χ0n) is 24.3. The van der Waals surface area contributed by atoms with Crippen LogP contribution in [0.2, 0.25) is 0 Å².